The Labute approximate surface area is 230 Å². The van der Waals surface area contributed by atoms with E-state index in [-0.39, 0.29) is 11.8 Å². The SMILES string of the molecule is CCCCC(CC)CN1C(=O)/C(=C2/C(=O)N(CC(CC)CCCC)c3cc(C)ccc32)c2ccc(C)cc21. The van der Waals surface area contributed by atoms with E-state index >= 15 is 0 Å². The molecule has 2 unspecified atom stereocenters. The molecule has 4 heteroatoms. The fourth-order valence-corrected chi connectivity index (χ4v) is 6.07. The molecule has 2 atom stereocenters. The van der Waals surface area contributed by atoms with Gasteiger partial charge >= 0.3 is 0 Å². The van der Waals surface area contributed by atoms with Gasteiger partial charge in [-0.05, 0) is 61.8 Å². The maximum Gasteiger partial charge on any atom is 0.259 e. The highest BCUT2D eigenvalue weighted by molar-refractivity contribution is 6.49. The van der Waals surface area contributed by atoms with Crippen molar-refractivity contribution in [3.63, 3.8) is 0 Å². The second-order valence-corrected chi connectivity index (χ2v) is 11.5. The minimum Gasteiger partial charge on any atom is -0.307 e. The number of hydrogen-bond acceptors (Lipinski definition) is 2. The maximum absolute atomic E-state index is 14.2. The zero-order chi connectivity index (χ0) is 27.4. The molecular weight excluding hydrogens is 468 g/mol. The van der Waals surface area contributed by atoms with Crippen molar-refractivity contribution < 1.29 is 9.59 Å². The Balaban J connectivity index is 1.81. The van der Waals surface area contributed by atoms with Crippen molar-refractivity contribution in [2.75, 3.05) is 22.9 Å². The normalized spacial score (nSPS) is 18.3. The number of carbonyl (C=O) groups is 2. The van der Waals surface area contributed by atoms with Crippen LogP contribution < -0.4 is 9.80 Å². The number of benzene rings is 2. The van der Waals surface area contributed by atoms with E-state index < -0.39 is 0 Å². The maximum atomic E-state index is 14.2. The number of hydrogen-bond donors (Lipinski definition) is 0. The van der Waals surface area contributed by atoms with E-state index in [1.54, 1.807) is 0 Å². The van der Waals surface area contributed by atoms with Crippen LogP contribution in [0.3, 0.4) is 0 Å². The predicted molar refractivity (Wildman–Crippen MR) is 160 cm³/mol. The van der Waals surface area contributed by atoms with E-state index in [0.717, 1.165) is 72.2 Å². The molecule has 2 aliphatic rings. The summed E-state index contributed by atoms with van der Waals surface area (Å²) in [4.78, 5) is 32.4. The molecule has 0 aromatic heterocycles. The first kappa shape index (κ1) is 28.1. The average Bonchev–Trinajstić information content (AvgIpc) is 3.32. The summed E-state index contributed by atoms with van der Waals surface area (Å²) < 4.78 is 0. The van der Waals surface area contributed by atoms with E-state index in [9.17, 15) is 9.59 Å². The van der Waals surface area contributed by atoms with Crippen molar-refractivity contribution >= 4 is 34.3 Å². The Morgan fingerprint density at radius 1 is 0.632 bits per heavy atom. The molecule has 2 aliphatic heterocycles. The van der Waals surface area contributed by atoms with Crippen LogP contribution in [0.25, 0.3) is 11.1 Å². The smallest absolute Gasteiger partial charge is 0.259 e. The van der Waals surface area contributed by atoms with Gasteiger partial charge in [-0.1, -0.05) is 90.5 Å². The van der Waals surface area contributed by atoms with Crippen LogP contribution in [-0.4, -0.2) is 24.9 Å². The summed E-state index contributed by atoms with van der Waals surface area (Å²) in [6.45, 7) is 14.4. The summed E-state index contributed by atoms with van der Waals surface area (Å²) in [6, 6.07) is 12.5. The second-order valence-electron chi connectivity index (χ2n) is 11.5. The summed E-state index contributed by atoms with van der Waals surface area (Å²) >= 11 is 0. The molecule has 2 aromatic rings. The Bertz CT molecular complexity index is 1120. The van der Waals surface area contributed by atoms with E-state index in [4.69, 9.17) is 0 Å². The topological polar surface area (TPSA) is 40.6 Å². The van der Waals surface area contributed by atoms with Crippen LogP contribution in [-0.2, 0) is 9.59 Å². The molecule has 0 N–H and O–H groups in total. The van der Waals surface area contributed by atoms with Gasteiger partial charge in [-0.15, -0.1) is 0 Å². The Hall–Kier alpha value is -2.88. The van der Waals surface area contributed by atoms with Crippen molar-refractivity contribution in [3.05, 3.63) is 58.7 Å². The van der Waals surface area contributed by atoms with Crippen molar-refractivity contribution in [2.24, 2.45) is 11.8 Å². The minimum atomic E-state index is -0.0182. The lowest BCUT2D eigenvalue weighted by Gasteiger charge is -2.24. The molecule has 4 rings (SSSR count). The van der Waals surface area contributed by atoms with Crippen LogP contribution >= 0.6 is 0 Å². The van der Waals surface area contributed by atoms with Crippen molar-refractivity contribution in [1.29, 1.82) is 0 Å². The Morgan fingerprint density at radius 2 is 1.03 bits per heavy atom. The van der Waals surface area contributed by atoms with Crippen molar-refractivity contribution in [2.45, 2.75) is 92.9 Å². The van der Waals surface area contributed by atoms with Crippen LogP contribution in [0.2, 0.25) is 0 Å². The summed E-state index contributed by atoms with van der Waals surface area (Å²) in [6.07, 6.45) is 8.99. The van der Waals surface area contributed by atoms with E-state index in [1.807, 2.05) is 9.80 Å². The minimum absolute atomic E-state index is 0.0182. The highest BCUT2D eigenvalue weighted by atomic mass is 16.2. The quantitative estimate of drug-likeness (QED) is 0.267. The number of fused-ring (bicyclic) bond motifs is 2. The fourth-order valence-electron chi connectivity index (χ4n) is 6.07. The molecule has 0 spiro atoms. The zero-order valence-electron chi connectivity index (χ0n) is 24.4. The first-order valence-corrected chi connectivity index (χ1v) is 14.9. The molecule has 0 aliphatic carbocycles. The number of nitrogens with zero attached hydrogens (tertiary/aromatic N) is 2. The van der Waals surface area contributed by atoms with Gasteiger partial charge in [0.15, 0.2) is 0 Å². The Morgan fingerprint density at radius 3 is 1.37 bits per heavy atom. The van der Waals surface area contributed by atoms with Crippen LogP contribution in [0.5, 0.6) is 0 Å². The summed E-state index contributed by atoms with van der Waals surface area (Å²) in [5.41, 5.74) is 7.16. The van der Waals surface area contributed by atoms with Crippen LogP contribution in [0.15, 0.2) is 36.4 Å². The molecule has 0 radical (unpaired) electrons. The lowest BCUT2D eigenvalue weighted by molar-refractivity contribution is -0.114. The van der Waals surface area contributed by atoms with Crippen LogP contribution in [0.4, 0.5) is 11.4 Å². The summed E-state index contributed by atoms with van der Waals surface area (Å²) in [5.74, 6) is 0.864. The molecule has 0 saturated carbocycles. The van der Waals surface area contributed by atoms with Gasteiger partial charge in [0.25, 0.3) is 11.8 Å². The molecule has 4 nitrogen and oxygen atoms in total. The highest BCUT2D eigenvalue weighted by Crippen LogP contribution is 2.47. The van der Waals surface area contributed by atoms with Gasteiger partial charge in [0.1, 0.15) is 0 Å². The van der Waals surface area contributed by atoms with Gasteiger partial charge in [0.05, 0.1) is 22.5 Å². The number of aryl methyl sites for hydroxylation is 2. The monoisotopic (exact) mass is 514 g/mol. The number of carbonyl (C=O) groups excluding carboxylic acids is 2. The lowest BCUT2D eigenvalue weighted by Crippen LogP contribution is -2.34. The summed E-state index contributed by atoms with van der Waals surface area (Å²) in [5, 5.41) is 0. The van der Waals surface area contributed by atoms with Crippen LogP contribution in [0, 0.1) is 25.7 Å². The Kier molecular flexibility index (Phi) is 9.12. The third-order valence-electron chi connectivity index (χ3n) is 8.56. The zero-order valence-corrected chi connectivity index (χ0v) is 24.4. The molecule has 0 saturated heterocycles. The van der Waals surface area contributed by atoms with Gasteiger partial charge in [-0.2, -0.15) is 0 Å². The molecule has 204 valence electrons. The van der Waals surface area contributed by atoms with E-state index in [1.165, 1.54) is 12.8 Å². The van der Waals surface area contributed by atoms with Gasteiger partial charge < -0.3 is 9.80 Å². The molecule has 2 heterocycles. The van der Waals surface area contributed by atoms with Crippen molar-refractivity contribution in [1.82, 2.24) is 0 Å². The summed E-state index contributed by atoms with van der Waals surface area (Å²) in [7, 11) is 0. The fraction of sp³-hybridized carbons (Fsp3) is 0.529. The van der Waals surface area contributed by atoms with Crippen molar-refractivity contribution in [3.8, 4) is 0 Å². The number of amides is 2. The van der Waals surface area contributed by atoms with Crippen LogP contribution in [0.1, 0.15) is 101 Å². The largest absolute Gasteiger partial charge is 0.307 e. The molecular formula is C34H46N2O2. The molecule has 0 bridgehead atoms. The molecule has 2 aromatic carbocycles. The van der Waals surface area contributed by atoms with Gasteiger partial charge in [0, 0.05) is 24.2 Å². The first-order valence-electron chi connectivity index (χ1n) is 14.9. The van der Waals surface area contributed by atoms with Gasteiger partial charge in [-0.25, -0.2) is 0 Å². The number of rotatable bonds is 12. The third-order valence-corrected chi connectivity index (χ3v) is 8.56. The van der Waals surface area contributed by atoms with Gasteiger partial charge in [-0.3, -0.25) is 9.59 Å². The average molecular weight is 515 g/mol. The first-order chi connectivity index (χ1) is 18.3. The lowest BCUT2D eigenvalue weighted by atomic mass is 9.95. The van der Waals surface area contributed by atoms with E-state index in [2.05, 4.69) is 77.9 Å². The second kappa shape index (κ2) is 12.3. The number of unbranched alkanes of at least 4 members (excludes halogenated alkanes) is 2. The molecule has 0 fully saturated rings. The van der Waals surface area contributed by atoms with E-state index in [0.29, 0.717) is 36.1 Å². The third kappa shape index (κ3) is 5.46. The number of anilines is 2. The standard InChI is InChI=1S/C34H46N2O2/c1-7-11-13-25(9-3)21-35-29-19-23(5)15-17-27(29)31(33(35)37)32-28-18-16-24(6)20-30(28)36(34(32)38)22-26(10-4)14-12-8-2/h15-20,25-26H,7-14,21-22H2,1-6H3/b32-31+. The highest BCUT2D eigenvalue weighted by Gasteiger charge is 2.42. The van der Waals surface area contributed by atoms with Gasteiger partial charge in [0.2, 0.25) is 0 Å². The molecule has 2 amide bonds. The molecule has 38 heavy (non-hydrogen) atoms. The predicted octanol–water partition coefficient (Wildman–Crippen LogP) is 8.34.